The van der Waals surface area contributed by atoms with Gasteiger partial charge in [-0.25, -0.2) is 0 Å². The topological polar surface area (TPSA) is 0 Å². The molecule has 3 aliphatic rings. The van der Waals surface area contributed by atoms with E-state index in [1.54, 1.807) is 0 Å². The zero-order valence-electron chi connectivity index (χ0n) is 10.5. The minimum atomic E-state index is 0.586. The fourth-order valence-electron chi connectivity index (χ4n) is 6.15. The van der Waals surface area contributed by atoms with Crippen molar-refractivity contribution in [3.05, 3.63) is 0 Å². The summed E-state index contributed by atoms with van der Waals surface area (Å²) in [6.07, 6.45) is 1.49. The monoisotopic (exact) mass is 192 g/mol. The van der Waals surface area contributed by atoms with Gasteiger partial charge in [0.2, 0.25) is 0 Å². The Hall–Kier alpha value is 0. The third kappa shape index (κ3) is 0.517. The van der Waals surface area contributed by atoms with E-state index in [1.807, 2.05) is 0 Å². The van der Waals surface area contributed by atoms with Crippen molar-refractivity contribution in [2.75, 3.05) is 0 Å². The van der Waals surface area contributed by atoms with Gasteiger partial charge in [0.15, 0.2) is 0 Å². The minimum absolute atomic E-state index is 0.586. The van der Waals surface area contributed by atoms with Crippen LogP contribution < -0.4 is 0 Å². The maximum atomic E-state index is 2.57. The Balaban J connectivity index is 2.00. The molecule has 0 radical (unpaired) electrons. The van der Waals surface area contributed by atoms with Gasteiger partial charge in [-0.1, -0.05) is 41.5 Å². The van der Waals surface area contributed by atoms with Gasteiger partial charge in [0, 0.05) is 0 Å². The summed E-state index contributed by atoms with van der Waals surface area (Å²) in [7, 11) is 0. The molecule has 6 unspecified atom stereocenters. The number of rotatable bonds is 0. The second kappa shape index (κ2) is 1.95. The zero-order chi connectivity index (χ0) is 10.5. The first-order valence-corrected chi connectivity index (χ1v) is 6.28. The summed E-state index contributed by atoms with van der Waals surface area (Å²) >= 11 is 0. The van der Waals surface area contributed by atoms with Crippen molar-refractivity contribution in [1.82, 2.24) is 0 Å². The minimum Gasteiger partial charge on any atom is -0.0622 e. The lowest BCUT2D eigenvalue weighted by Crippen LogP contribution is -2.84. The molecule has 6 atom stereocenters. The summed E-state index contributed by atoms with van der Waals surface area (Å²) in [5, 5.41) is 0. The van der Waals surface area contributed by atoms with E-state index in [0.717, 1.165) is 23.7 Å². The first-order valence-electron chi connectivity index (χ1n) is 6.28. The molecular formula is C14H24. The Bertz CT molecular complexity index is 303. The molecule has 0 aromatic carbocycles. The standard InChI is InChI=1S/C14H24/c1-8-7-13(5)10(8)11-9(2)12(3,4)14(11,13)6/h8-11H,7H2,1-6H3. The molecule has 3 rings (SSSR count). The molecule has 3 fully saturated rings. The first-order chi connectivity index (χ1) is 6.28. The fraction of sp³-hybridized carbons (Fsp3) is 1.00. The molecule has 14 heavy (non-hydrogen) atoms. The molecule has 0 aromatic heterocycles. The molecule has 0 saturated heterocycles. The van der Waals surface area contributed by atoms with Gasteiger partial charge in [0.1, 0.15) is 0 Å². The fourth-order valence-corrected chi connectivity index (χ4v) is 6.15. The van der Waals surface area contributed by atoms with Crippen LogP contribution in [0.25, 0.3) is 0 Å². The second-order valence-corrected chi connectivity index (χ2v) is 7.36. The van der Waals surface area contributed by atoms with E-state index >= 15 is 0 Å². The average molecular weight is 192 g/mol. The molecular weight excluding hydrogens is 168 g/mol. The van der Waals surface area contributed by atoms with Gasteiger partial charge in [-0.05, 0) is 46.3 Å². The van der Waals surface area contributed by atoms with Gasteiger partial charge in [0.25, 0.3) is 0 Å². The smallest absolute Gasteiger partial charge is 0.0181 e. The largest absolute Gasteiger partial charge is 0.0622 e. The molecule has 0 nitrogen and oxygen atoms in total. The number of hydrogen-bond donors (Lipinski definition) is 0. The molecule has 0 bridgehead atoms. The van der Waals surface area contributed by atoms with Gasteiger partial charge in [-0.15, -0.1) is 0 Å². The number of fused-ring (bicyclic) bond motifs is 4. The summed E-state index contributed by atoms with van der Waals surface area (Å²) in [4.78, 5) is 0. The normalized spacial score (nSPS) is 68.1. The Morgan fingerprint density at radius 3 is 2.00 bits per heavy atom. The van der Waals surface area contributed by atoms with Crippen LogP contribution in [-0.4, -0.2) is 0 Å². The van der Waals surface area contributed by atoms with E-state index in [1.165, 1.54) is 6.42 Å². The van der Waals surface area contributed by atoms with Crippen molar-refractivity contribution < 1.29 is 0 Å². The van der Waals surface area contributed by atoms with Crippen LogP contribution in [0.3, 0.4) is 0 Å². The maximum Gasteiger partial charge on any atom is -0.0181 e. The molecule has 0 N–H and O–H groups in total. The predicted octanol–water partition coefficient (Wildman–Crippen LogP) is 3.96. The summed E-state index contributed by atoms with van der Waals surface area (Å²) in [6.45, 7) is 15.1. The Kier molecular flexibility index (Phi) is 1.29. The van der Waals surface area contributed by atoms with Crippen LogP contribution in [0.1, 0.15) is 48.0 Å². The van der Waals surface area contributed by atoms with E-state index < -0.39 is 0 Å². The van der Waals surface area contributed by atoms with Crippen LogP contribution in [0.4, 0.5) is 0 Å². The van der Waals surface area contributed by atoms with Crippen LogP contribution in [0, 0.1) is 39.9 Å². The third-order valence-corrected chi connectivity index (χ3v) is 7.35. The second-order valence-electron chi connectivity index (χ2n) is 7.36. The van der Waals surface area contributed by atoms with E-state index in [-0.39, 0.29) is 0 Å². The highest BCUT2D eigenvalue weighted by molar-refractivity contribution is 5.31. The Labute approximate surface area is 88.5 Å². The molecule has 0 spiro atoms. The quantitative estimate of drug-likeness (QED) is 0.545. The van der Waals surface area contributed by atoms with Crippen LogP contribution >= 0.6 is 0 Å². The summed E-state index contributed by atoms with van der Waals surface area (Å²) in [5.41, 5.74) is 1.95. The maximum absolute atomic E-state index is 2.57. The van der Waals surface area contributed by atoms with E-state index in [2.05, 4.69) is 41.5 Å². The lowest BCUT2D eigenvalue weighted by atomic mass is 9.15. The summed E-state index contributed by atoms with van der Waals surface area (Å²) in [5.74, 6) is 4.08. The van der Waals surface area contributed by atoms with Crippen molar-refractivity contribution in [3.63, 3.8) is 0 Å². The van der Waals surface area contributed by atoms with Crippen molar-refractivity contribution in [3.8, 4) is 0 Å². The van der Waals surface area contributed by atoms with E-state index in [0.29, 0.717) is 16.2 Å². The highest BCUT2D eigenvalue weighted by Gasteiger charge is 2.84. The summed E-state index contributed by atoms with van der Waals surface area (Å²) < 4.78 is 0. The SMILES string of the molecule is CC1CC2(C)C1C1C(C)C(C)(C)C12C. The first kappa shape index (κ1) is 9.24. The van der Waals surface area contributed by atoms with Crippen molar-refractivity contribution in [2.24, 2.45) is 39.9 Å². The zero-order valence-corrected chi connectivity index (χ0v) is 10.5. The van der Waals surface area contributed by atoms with Gasteiger partial charge in [0.05, 0.1) is 0 Å². The summed E-state index contributed by atoms with van der Waals surface area (Å²) in [6, 6.07) is 0. The van der Waals surface area contributed by atoms with Crippen molar-refractivity contribution in [1.29, 1.82) is 0 Å². The molecule has 0 amide bonds. The van der Waals surface area contributed by atoms with Gasteiger partial charge in [-0.3, -0.25) is 0 Å². The lowest BCUT2D eigenvalue weighted by molar-refractivity contribution is -0.420. The van der Waals surface area contributed by atoms with Crippen LogP contribution in [-0.2, 0) is 0 Å². The van der Waals surface area contributed by atoms with Crippen LogP contribution in [0.15, 0.2) is 0 Å². The molecule has 3 aliphatic carbocycles. The molecule has 80 valence electrons. The lowest BCUT2D eigenvalue weighted by Gasteiger charge is -2.89. The molecule has 0 heteroatoms. The average Bonchev–Trinajstić information content (AvgIpc) is 2.10. The van der Waals surface area contributed by atoms with Crippen LogP contribution in [0.5, 0.6) is 0 Å². The van der Waals surface area contributed by atoms with Gasteiger partial charge < -0.3 is 0 Å². The van der Waals surface area contributed by atoms with Crippen molar-refractivity contribution >= 4 is 0 Å². The van der Waals surface area contributed by atoms with Crippen molar-refractivity contribution in [2.45, 2.75) is 48.0 Å². The molecule has 3 saturated carbocycles. The molecule has 0 aromatic rings. The molecule has 0 aliphatic heterocycles. The van der Waals surface area contributed by atoms with E-state index in [9.17, 15) is 0 Å². The number of hydrogen-bond acceptors (Lipinski definition) is 0. The van der Waals surface area contributed by atoms with Gasteiger partial charge >= 0.3 is 0 Å². The highest BCUT2D eigenvalue weighted by Crippen LogP contribution is 2.89. The van der Waals surface area contributed by atoms with Crippen LogP contribution in [0.2, 0.25) is 0 Å². The third-order valence-electron chi connectivity index (χ3n) is 7.35. The Morgan fingerprint density at radius 2 is 1.50 bits per heavy atom. The molecule has 0 heterocycles. The van der Waals surface area contributed by atoms with E-state index in [4.69, 9.17) is 0 Å². The highest BCUT2D eigenvalue weighted by atomic mass is 14.9. The Morgan fingerprint density at radius 1 is 0.929 bits per heavy atom. The van der Waals surface area contributed by atoms with Gasteiger partial charge in [-0.2, -0.15) is 0 Å². The predicted molar refractivity (Wildman–Crippen MR) is 59.9 cm³/mol.